The third kappa shape index (κ3) is 2.78. The first-order chi connectivity index (χ1) is 9.44. The van der Waals surface area contributed by atoms with E-state index < -0.39 is 16.4 Å². The van der Waals surface area contributed by atoms with Crippen molar-refractivity contribution in [1.29, 1.82) is 0 Å². The Morgan fingerprint density at radius 1 is 1.60 bits per heavy atom. The SMILES string of the molecule is CC1OCCC1(O)CNC(=O)c1ccccc1[N+](=O)[O-]. The van der Waals surface area contributed by atoms with Crippen molar-refractivity contribution in [2.75, 3.05) is 13.2 Å². The molecular formula is C13H16N2O5. The Hall–Kier alpha value is -1.99. The predicted molar refractivity (Wildman–Crippen MR) is 70.4 cm³/mol. The molecule has 1 fully saturated rings. The molecule has 0 aliphatic carbocycles. The monoisotopic (exact) mass is 280 g/mol. The Bertz CT molecular complexity index is 533. The molecule has 0 saturated carbocycles. The highest BCUT2D eigenvalue weighted by Crippen LogP contribution is 2.25. The summed E-state index contributed by atoms with van der Waals surface area (Å²) in [5, 5.41) is 23.7. The number of nitro groups is 1. The maximum Gasteiger partial charge on any atom is 0.282 e. The van der Waals surface area contributed by atoms with E-state index in [0.717, 1.165) is 0 Å². The number of benzene rings is 1. The minimum absolute atomic E-state index is 0.000944. The van der Waals surface area contributed by atoms with E-state index in [0.29, 0.717) is 13.0 Å². The molecule has 7 heteroatoms. The minimum Gasteiger partial charge on any atom is -0.385 e. The van der Waals surface area contributed by atoms with Crippen LogP contribution in [0.25, 0.3) is 0 Å². The fraction of sp³-hybridized carbons (Fsp3) is 0.462. The van der Waals surface area contributed by atoms with Crippen molar-refractivity contribution in [1.82, 2.24) is 5.32 Å². The fourth-order valence-electron chi connectivity index (χ4n) is 2.16. The number of nitro benzene ring substituents is 1. The molecule has 1 amide bonds. The molecule has 7 nitrogen and oxygen atoms in total. The summed E-state index contributed by atoms with van der Waals surface area (Å²) in [7, 11) is 0. The van der Waals surface area contributed by atoms with Crippen LogP contribution in [0.1, 0.15) is 23.7 Å². The molecular weight excluding hydrogens is 264 g/mol. The number of hydrogen-bond donors (Lipinski definition) is 2. The third-order valence-corrected chi connectivity index (χ3v) is 3.56. The van der Waals surface area contributed by atoms with Gasteiger partial charge < -0.3 is 15.2 Å². The highest BCUT2D eigenvalue weighted by atomic mass is 16.6. The largest absolute Gasteiger partial charge is 0.385 e. The molecule has 108 valence electrons. The van der Waals surface area contributed by atoms with Gasteiger partial charge in [0, 0.05) is 25.6 Å². The second-order valence-corrected chi connectivity index (χ2v) is 4.82. The summed E-state index contributed by atoms with van der Waals surface area (Å²) in [5.41, 5.74) is -1.40. The highest BCUT2D eigenvalue weighted by molar-refractivity contribution is 5.98. The zero-order valence-electron chi connectivity index (χ0n) is 11.0. The van der Waals surface area contributed by atoms with E-state index in [1.54, 1.807) is 13.0 Å². The van der Waals surface area contributed by atoms with E-state index in [-0.39, 0.29) is 23.9 Å². The van der Waals surface area contributed by atoms with Crippen molar-refractivity contribution in [3.8, 4) is 0 Å². The van der Waals surface area contributed by atoms with Crippen LogP contribution in [0.5, 0.6) is 0 Å². The molecule has 1 heterocycles. The predicted octanol–water partition coefficient (Wildman–Crippen LogP) is 0.864. The topological polar surface area (TPSA) is 102 Å². The second kappa shape index (κ2) is 5.56. The number of para-hydroxylation sites is 1. The summed E-state index contributed by atoms with van der Waals surface area (Å²) < 4.78 is 5.26. The summed E-state index contributed by atoms with van der Waals surface area (Å²) in [6.45, 7) is 2.15. The summed E-state index contributed by atoms with van der Waals surface area (Å²) in [5.74, 6) is -0.579. The van der Waals surface area contributed by atoms with E-state index >= 15 is 0 Å². The van der Waals surface area contributed by atoms with Gasteiger partial charge in [0.05, 0.1) is 11.0 Å². The molecule has 0 bridgehead atoms. The first-order valence-corrected chi connectivity index (χ1v) is 6.29. The number of amides is 1. The van der Waals surface area contributed by atoms with E-state index in [1.165, 1.54) is 18.2 Å². The number of carbonyl (C=O) groups excluding carboxylic acids is 1. The van der Waals surface area contributed by atoms with E-state index in [9.17, 15) is 20.0 Å². The van der Waals surface area contributed by atoms with Crippen LogP contribution in [0.4, 0.5) is 5.69 Å². The van der Waals surface area contributed by atoms with Gasteiger partial charge in [-0.25, -0.2) is 0 Å². The number of nitrogens with zero attached hydrogens (tertiary/aromatic N) is 1. The first kappa shape index (κ1) is 14.4. The normalized spacial score (nSPS) is 25.4. The molecule has 20 heavy (non-hydrogen) atoms. The van der Waals surface area contributed by atoms with E-state index in [4.69, 9.17) is 4.74 Å². The zero-order valence-corrected chi connectivity index (χ0v) is 11.0. The number of ether oxygens (including phenoxy) is 1. The number of nitrogens with one attached hydrogen (secondary N) is 1. The summed E-state index contributed by atoms with van der Waals surface area (Å²) in [6.07, 6.45) is 0.0410. The molecule has 0 aromatic heterocycles. The lowest BCUT2D eigenvalue weighted by atomic mass is 9.96. The Labute approximate surface area is 115 Å². The van der Waals surface area contributed by atoms with Gasteiger partial charge in [-0.15, -0.1) is 0 Å². The zero-order chi connectivity index (χ0) is 14.8. The first-order valence-electron chi connectivity index (χ1n) is 6.29. The molecule has 0 radical (unpaired) electrons. The maximum absolute atomic E-state index is 12.0. The van der Waals surface area contributed by atoms with Crippen molar-refractivity contribution in [3.63, 3.8) is 0 Å². The minimum atomic E-state index is -1.13. The van der Waals surface area contributed by atoms with Gasteiger partial charge in [-0.2, -0.15) is 0 Å². The van der Waals surface area contributed by atoms with Crippen LogP contribution >= 0.6 is 0 Å². The molecule has 1 aliphatic heterocycles. The van der Waals surface area contributed by atoms with Gasteiger partial charge in [-0.1, -0.05) is 12.1 Å². The highest BCUT2D eigenvalue weighted by Gasteiger charge is 2.39. The third-order valence-electron chi connectivity index (χ3n) is 3.56. The Morgan fingerprint density at radius 3 is 2.90 bits per heavy atom. The van der Waals surface area contributed by atoms with Gasteiger partial charge in [0.1, 0.15) is 11.2 Å². The smallest absolute Gasteiger partial charge is 0.282 e. The number of aliphatic hydroxyl groups is 1. The summed E-state index contributed by atoms with van der Waals surface area (Å²) in [4.78, 5) is 22.3. The van der Waals surface area contributed by atoms with E-state index in [1.807, 2.05) is 0 Å². The second-order valence-electron chi connectivity index (χ2n) is 4.82. The van der Waals surface area contributed by atoms with E-state index in [2.05, 4.69) is 5.32 Å². The van der Waals surface area contributed by atoms with Crippen molar-refractivity contribution in [2.45, 2.75) is 25.0 Å². The Kier molecular flexibility index (Phi) is 4.01. The standard InChI is InChI=1S/C13H16N2O5/c1-9-13(17,6-7-20-9)8-14-12(16)10-4-2-3-5-11(10)15(18)19/h2-5,9,17H,6-8H2,1H3,(H,14,16). The Morgan fingerprint density at radius 2 is 2.30 bits per heavy atom. The van der Waals surface area contributed by atoms with Crippen molar-refractivity contribution in [3.05, 3.63) is 39.9 Å². The van der Waals surface area contributed by atoms with Crippen LogP contribution in [0.3, 0.4) is 0 Å². The van der Waals surface area contributed by atoms with Crippen LogP contribution in [0.15, 0.2) is 24.3 Å². The molecule has 1 aromatic carbocycles. The van der Waals surface area contributed by atoms with Crippen molar-refractivity contribution < 1.29 is 19.6 Å². The van der Waals surface area contributed by atoms with Crippen molar-refractivity contribution >= 4 is 11.6 Å². The number of rotatable bonds is 4. The molecule has 0 spiro atoms. The lowest BCUT2D eigenvalue weighted by molar-refractivity contribution is -0.385. The van der Waals surface area contributed by atoms with Gasteiger partial charge >= 0.3 is 0 Å². The van der Waals surface area contributed by atoms with Crippen molar-refractivity contribution in [2.24, 2.45) is 0 Å². The van der Waals surface area contributed by atoms with Gasteiger partial charge in [0.15, 0.2) is 0 Å². The van der Waals surface area contributed by atoms with Gasteiger partial charge in [0.2, 0.25) is 0 Å². The lowest BCUT2D eigenvalue weighted by Crippen LogP contribution is -2.47. The molecule has 2 atom stereocenters. The number of hydrogen-bond acceptors (Lipinski definition) is 5. The molecule has 1 aliphatic rings. The van der Waals surface area contributed by atoms with Crippen LogP contribution in [-0.4, -0.2) is 40.8 Å². The van der Waals surface area contributed by atoms with Gasteiger partial charge in [-0.3, -0.25) is 14.9 Å². The van der Waals surface area contributed by atoms with Gasteiger partial charge in [0.25, 0.3) is 11.6 Å². The lowest BCUT2D eigenvalue weighted by Gasteiger charge is -2.26. The fourth-order valence-corrected chi connectivity index (χ4v) is 2.16. The average Bonchev–Trinajstić information content (AvgIpc) is 2.76. The molecule has 2 rings (SSSR count). The van der Waals surface area contributed by atoms with Crippen LogP contribution in [0, 0.1) is 10.1 Å². The molecule has 1 aromatic rings. The summed E-state index contributed by atoms with van der Waals surface area (Å²) in [6, 6.07) is 5.70. The van der Waals surface area contributed by atoms with Crippen LogP contribution in [0.2, 0.25) is 0 Å². The maximum atomic E-state index is 12.0. The number of carbonyl (C=O) groups is 1. The summed E-state index contributed by atoms with van der Waals surface area (Å²) >= 11 is 0. The molecule has 2 unspecified atom stereocenters. The van der Waals surface area contributed by atoms with Crippen LogP contribution < -0.4 is 5.32 Å². The quantitative estimate of drug-likeness (QED) is 0.629. The van der Waals surface area contributed by atoms with Gasteiger partial charge in [-0.05, 0) is 13.0 Å². The Balaban J connectivity index is 2.08. The molecule has 2 N–H and O–H groups in total. The van der Waals surface area contributed by atoms with Crippen LogP contribution in [-0.2, 0) is 4.74 Å². The average molecular weight is 280 g/mol. The molecule has 1 saturated heterocycles.